The van der Waals surface area contributed by atoms with Crippen LogP contribution in [0.4, 0.5) is 13.2 Å². The predicted octanol–water partition coefficient (Wildman–Crippen LogP) is 6.99. The molecule has 2 aromatic carbocycles. The molecule has 0 radical (unpaired) electrons. The van der Waals surface area contributed by atoms with Crippen LogP contribution >= 0.6 is 0 Å². The molecule has 29 heavy (non-hydrogen) atoms. The van der Waals surface area contributed by atoms with Crippen LogP contribution in [0.1, 0.15) is 50.7 Å². The van der Waals surface area contributed by atoms with Crippen molar-refractivity contribution in [3.8, 4) is 16.9 Å². The molecule has 1 aliphatic rings. The number of ether oxygens (including phenoxy) is 2. The second-order valence-electron chi connectivity index (χ2n) is 7.48. The zero-order valence-electron chi connectivity index (χ0n) is 16.7. The maximum atomic E-state index is 14.8. The number of hydrogen-bond donors (Lipinski definition) is 0. The standard InChI is InChI=1S/C24H27F3O2/c1-3-5-6-16-7-11-21(29-15-16)19-10-9-18(23(26)24(19)27)17-8-12-22(20(25)14-17)28-13-4-2/h4,8-10,12,14,16,21H,2-3,5-7,11,13,15H2,1H3. The molecule has 0 saturated carbocycles. The lowest BCUT2D eigenvalue weighted by molar-refractivity contribution is -0.0217. The van der Waals surface area contributed by atoms with Crippen LogP contribution < -0.4 is 4.74 Å². The van der Waals surface area contributed by atoms with Gasteiger partial charge in [0, 0.05) is 11.1 Å². The van der Waals surface area contributed by atoms with E-state index in [2.05, 4.69) is 13.5 Å². The van der Waals surface area contributed by atoms with Crippen LogP contribution in [-0.2, 0) is 4.74 Å². The third kappa shape index (κ3) is 5.02. The van der Waals surface area contributed by atoms with E-state index in [0.29, 0.717) is 18.9 Å². The van der Waals surface area contributed by atoms with Gasteiger partial charge in [0.1, 0.15) is 6.61 Å². The van der Waals surface area contributed by atoms with Crippen molar-refractivity contribution in [3.05, 3.63) is 66.0 Å². The monoisotopic (exact) mass is 404 g/mol. The summed E-state index contributed by atoms with van der Waals surface area (Å²) in [5.41, 5.74) is 0.490. The van der Waals surface area contributed by atoms with E-state index in [9.17, 15) is 13.2 Å². The Morgan fingerprint density at radius 2 is 1.97 bits per heavy atom. The highest BCUT2D eigenvalue weighted by Gasteiger charge is 2.27. The summed E-state index contributed by atoms with van der Waals surface area (Å²) >= 11 is 0. The molecule has 0 N–H and O–H groups in total. The van der Waals surface area contributed by atoms with Crippen molar-refractivity contribution in [3.63, 3.8) is 0 Å². The van der Waals surface area contributed by atoms with E-state index in [4.69, 9.17) is 9.47 Å². The maximum Gasteiger partial charge on any atom is 0.167 e. The van der Waals surface area contributed by atoms with Gasteiger partial charge >= 0.3 is 0 Å². The Labute approximate surface area is 170 Å². The van der Waals surface area contributed by atoms with Crippen LogP contribution in [0.5, 0.6) is 5.75 Å². The lowest BCUT2D eigenvalue weighted by atomic mass is 9.90. The number of halogens is 3. The van der Waals surface area contributed by atoms with Crippen LogP contribution in [0, 0.1) is 23.4 Å². The topological polar surface area (TPSA) is 18.5 Å². The van der Waals surface area contributed by atoms with E-state index in [-0.39, 0.29) is 29.0 Å². The Morgan fingerprint density at radius 3 is 2.62 bits per heavy atom. The molecule has 1 fully saturated rings. The Kier molecular flexibility index (Phi) is 7.37. The molecule has 1 heterocycles. The fourth-order valence-electron chi connectivity index (χ4n) is 3.74. The average Bonchev–Trinajstić information content (AvgIpc) is 2.74. The smallest absolute Gasteiger partial charge is 0.167 e. The molecule has 2 unspecified atom stereocenters. The Morgan fingerprint density at radius 1 is 1.14 bits per heavy atom. The van der Waals surface area contributed by atoms with Gasteiger partial charge in [0.25, 0.3) is 0 Å². The Balaban J connectivity index is 1.76. The Hall–Kier alpha value is -2.27. The summed E-state index contributed by atoms with van der Waals surface area (Å²) in [5.74, 6) is -2.02. The van der Waals surface area contributed by atoms with Gasteiger partial charge in [0.15, 0.2) is 23.2 Å². The SMILES string of the molecule is C=CCOc1ccc(-c2ccc(C3CCC(CCCC)CO3)c(F)c2F)cc1F. The molecule has 0 bridgehead atoms. The molecule has 1 saturated heterocycles. The number of hydrogen-bond acceptors (Lipinski definition) is 2. The molecule has 2 atom stereocenters. The average molecular weight is 404 g/mol. The summed E-state index contributed by atoms with van der Waals surface area (Å²) in [6.45, 7) is 6.40. The summed E-state index contributed by atoms with van der Waals surface area (Å²) in [6, 6.07) is 7.09. The van der Waals surface area contributed by atoms with Gasteiger partial charge in [-0.15, -0.1) is 0 Å². The normalized spacial score (nSPS) is 19.2. The first-order valence-electron chi connectivity index (χ1n) is 10.2. The van der Waals surface area contributed by atoms with Gasteiger partial charge in [-0.05, 0) is 42.9 Å². The van der Waals surface area contributed by atoms with Gasteiger partial charge in [-0.1, -0.05) is 50.6 Å². The number of rotatable bonds is 8. The van der Waals surface area contributed by atoms with E-state index >= 15 is 0 Å². The van der Waals surface area contributed by atoms with E-state index in [1.807, 2.05) is 0 Å². The van der Waals surface area contributed by atoms with Crippen molar-refractivity contribution < 1.29 is 22.6 Å². The first-order valence-corrected chi connectivity index (χ1v) is 10.2. The highest BCUT2D eigenvalue weighted by molar-refractivity contribution is 5.66. The van der Waals surface area contributed by atoms with Crippen LogP contribution in [0.3, 0.4) is 0 Å². The zero-order chi connectivity index (χ0) is 20.8. The van der Waals surface area contributed by atoms with Crippen molar-refractivity contribution in [1.29, 1.82) is 0 Å². The summed E-state index contributed by atoms with van der Waals surface area (Å²) in [7, 11) is 0. The molecule has 2 nitrogen and oxygen atoms in total. The van der Waals surface area contributed by atoms with Crippen LogP contribution in [0.15, 0.2) is 43.0 Å². The number of unbranched alkanes of at least 4 members (excludes halogenated alkanes) is 1. The zero-order valence-corrected chi connectivity index (χ0v) is 16.7. The molecule has 2 aromatic rings. The summed E-state index contributed by atoms with van der Waals surface area (Å²) in [5, 5.41) is 0. The minimum absolute atomic E-state index is 0.0112. The molecule has 0 aliphatic carbocycles. The summed E-state index contributed by atoms with van der Waals surface area (Å²) in [6.07, 6.45) is 6.09. The molecule has 0 amide bonds. The lowest BCUT2D eigenvalue weighted by Crippen LogP contribution is -2.21. The van der Waals surface area contributed by atoms with Gasteiger partial charge in [-0.25, -0.2) is 13.2 Å². The molecule has 0 spiro atoms. The molecule has 0 aromatic heterocycles. The van der Waals surface area contributed by atoms with Crippen molar-refractivity contribution in [2.24, 2.45) is 5.92 Å². The second-order valence-corrected chi connectivity index (χ2v) is 7.48. The predicted molar refractivity (Wildman–Crippen MR) is 108 cm³/mol. The molecule has 3 rings (SSSR count). The van der Waals surface area contributed by atoms with Gasteiger partial charge in [0.2, 0.25) is 0 Å². The minimum atomic E-state index is -0.988. The summed E-state index contributed by atoms with van der Waals surface area (Å²) < 4.78 is 54.8. The molecule has 156 valence electrons. The van der Waals surface area contributed by atoms with Crippen molar-refractivity contribution in [1.82, 2.24) is 0 Å². The van der Waals surface area contributed by atoms with E-state index in [1.54, 1.807) is 6.07 Å². The van der Waals surface area contributed by atoms with E-state index in [0.717, 1.165) is 31.7 Å². The van der Waals surface area contributed by atoms with Crippen molar-refractivity contribution in [2.45, 2.75) is 45.1 Å². The van der Waals surface area contributed by atoms with Gasteiger partial charge in [0.05, 0.1) is 12.7 Å². The van der Waals surface area contributed by atoms with E-state index in [1.165, 1.54) is 24.3 Å². The highest BCUT2D eigenvalue weighted by atomic mass is 19.2. The highest BCUT2D eigenvalue weighted by Crippen LogP contribution is 2.37. The fraction of sp³-hybridized carbons (Fsp3) is 0.417. The van der Waals surface area contributed by atoms with Crippen LogP contribution in [0.2, 0.25) is 0 Å². The third-order valence-corrected chi connectivity index (χ3v) is 5.39. The molecular formula is C24H27F3O2. The first-order chi connectivity index (χ1) is 14.0. The fourth-order valence-corrected chi connectivity index (χ4v) is 3.74. The van der Waals surface area contributed by atoms with Crippen molar-refractivity contribution in [2.75, 3.05) is 13.2 Å². The minimum Gasteiger partial charge on any atom is -0.486 e. The third-order valence-electron chi connectivity index (χ3n) is 5.39. The van der Waals surface area contributed by atoms with E-state index < -0.39 is 23.6 Å². The van der Waals surface area contributed by atoms with Crippen LogP contribution in [-0.4, -0.2) is 13.2 Å². The first kappa shape index (κ1) is 21.4. The molecule has 5 heteroatoms. The van der Waals surface area contributed by atoms with Crippen LogP contribution in [0.25, 0.3) is 11.1 Å². The van der Waals surface area contributed by atoms with Gasteiger partial charge in [-0.2, -0.15) is 0 Å². The molecule has 1 aliphatic heterocycles. The largest absolute Gasteiger partial charge is 0.486 e. The quantitative estimate of drug-likeness (QED) is 0.441. The maximum absolute atomic E-state index is 14.8. The summed E-state index contributed by atoms with van der Waals surface area (Å²) in [4.78, 5) is 0. The number of benzene rings is 2. The second kappa shape index (κ2) is 9.97. The lowest BCUT2D eigenvalue weighted by Gasteiger charge is -2.29. The Bertz CT molecular complexity index is 842. The molecular weight excluding hydrogens is 377 g/mol. The van der Waals surface area contributed by atoms with Gasteiger partial charge < -0.3 is 9.47 Å². The van der Waals surface area contributed by atoms with Crippen molar-refractivity contribution >= 4 is 0 Å². The van der Waals surface area contributed by atoms with Gasteiger partial charge in [-0.3, -0.25) is 0 Å².